The predicted octanol–water partition coefficient (Wildman–Crippen LogP) is 3.63. The Balaban J connectivity index is 1.78. The van der Waals surface area contributed by atoms with Gasteiger partial charge in [-0.2, -0.15) is 4.39 Å². The first-order valence-electron chi connectivity index (χ1n) is 8.14. The number of aromatic nitrogens is 2. The van der Waals surface area contributed by atoms with E-state index < -0.39 is 11.5 Å². The topological polar surface area (TPSA) is 82.6 Å². The summed E-state index contributed by atoms with van der Waals surface area (Å²) in [6, 6.07) is 10.9. The van der Waals surface area contributed by atoms with Crippen LogP contribution in [0, 0.1) is 5.95 Å². The number of ether oxygens (including phenoxy) is 2. The van der Waals surface area contributed by atoms with Crippen molar-refractivity contribution >= 4 is 17.6 Å². The van der Waals surface area contributed by atoms with Crippen LogP contribution in [0.4, 0.5) is 4.39 Å². The van der Waals surface area contributed by atoms with Gasteiger partial charge in [0.2, 0.25) is 0 Å². The van der Waals surface area contributed by atoms with Gasteiger partial charge in [0.1, 0.15) is 17.5 Å². The summed E-state index contributed by atoms with van der Waals surface area (Å²) in [5.41, 5.74) is 7.73. The van der Waals surface area contributed by atoms with Gasteiger partial charge in [0.05, 0.1) is 0 Å². The first-order chi connectivity index (χ1) is 13.1. The number of rotatable bonds is 1. The Morgan fingerprint density at radius 1 is 1.15 bits per heavy atom. The molecule has 3 aromatic rings. The lowest BCUT2D eigenvalue weighted by Crippen LogP contribution is -2.31. The molecule has 2 N–H and O–H groups in total. The van der Waals surface area contributed by atoms with Gasteiger partial charge < -0.3 is 15.2 Å². The fourth-order valence-corrected chi connectivity index (χ4v) is 3.68. The SMILES string of the molecule is NC1=N[C@@]2(CO1)c1cc(-c3cccnc3)ccc1Oc1c2cc(Cl)nc1F. The normalized spacial score (nSPS) is 19.7. The third-order valence-electron chi connectivity index (χ3n) is 4.71. The number of hydrogen-bond donors (Lipinski definition) is 1. The maximum atomic E-state index is 14.5. The highest BCUT2D eigenvalue weighted by atomic mass is 35.5. The summed E-state index contributed by atoms with van der Waals surface area (Å²) >= 11 is 6.00. The zero-order valence-corrected chi connectivity index (χ0v) is 14.6. The van der Waals surface area contributed by atoms with Crippen LogP contribution in [0.2, 0.25) is 5.15 Å². The summed E-state index contributed by atoms with van der Waals surface area (Å²) in [5, 5.41) is 0.00163. The third kappa shape index (κ3) is 2.35. The molecule has 0 amide bonds. The number of nitrogens with zero attached hydrogens (tertiary/aromatic N) is 3. The molecule has 0 fully saturated rings. The van der Waals surface area contributed by atoms with Gasteiger partial charge in [-0.1, -0.05) is 23.7 Å². The highest BCUT2D eigenvalue weighted by Gasteiger charge is 2.48. The number of benzene rings is 1. The summed E-state index contributed by atoms with van der Waals surface area (Å²) in [6.45, 7) is 0.110. The first kappa shape index (κ1) is 16.0. The predicted molar refractivity (Wildman–Crippen MR) is 97.3 cm³/mol. The van der Waals surface area contributed by atoms with Crippen LogP contribution < -0.4 is 10.5 Å². The molecule has 0 unspecified atom stereocenters. The number of fused-ring (bicyclic) bond motifs is 4. The van der Waals surface area contributed by atoms with Gasteiger partial charge in [-0.3, -0.25) is 4.98 Å². The van der Waals surface area contributed by atoms with Gasteiger partial charge in [0.15, 0.2) is 11.3 Å². The monoisotopic (exact) mass is 382 g/mol. The van der Waals surface area contributed by atoms with Crippen molar-refractivity contribution in [2.45, 2.75) is 5.54 Å². The first-order valence-corrected chi connectivity index (χ1v) is 8.52. The molecule has 27 heavy (non-hydrogen) atoms. The molecule has 2 aromatic heterocycles. The molecule has 6 nitrogen and oxygen atoms in total. The fourth-order valence-electron chi connectivity index (χ4n) is 3.49. The smallest absolute Gasteiger partial charge is 0.283 e. The highest BCUT2D eigenvalue weighted by Crippen LogP contribution is 2.52. The maximum Gasteiger partial charge on any atom is 0.283 e. The van der Waals surface area contributed by atoms with Crippen molar-refractivity contribution in [2.75, 3.05) is 6.61 Å². The molecule has 8 heteroatoms. The average molecular weight is 383 g/mol. The summed E-state index contributed by atoms with van der Waals surface area (Å²) in [4.78, 5) is 12.3. The molecule has 4 heterocycles. The van der Waals surface area contributed by atoms with Crippen molar-refractivity contribution in [3.63, 3.8) is 0 Å². The number of pyridine rings is 2. The van der Waals surface area contributed by atoms with Crippen LogP contribution in [-0.4, -0.2) is 22.6 Å². The Hall–Kier alpha value is -3.19. The van der Waals surface area contributed by atoms with E-state index in [-0.39, 0.29) is 23.5 Å². The van der Waals surface area contributed by atoms with Crippen molar-refractivity contribution in [1.29, 1.82) is 0 Å². The minimum Gasteiger partial charge on any atom is -0.462 e. The van der Waals surface area contributed by atoms with E-state index in [1.807, 2.05) is 24.3 Å². The van der Waals surface area contributed by atoms with Crippen LogP contribution in [0.5, 0.6) is 11.5 Å². The molecular weight excluding hydrogens is 371 g/mol. The lowest BCUT2D eigenvalue weighted by Gasteiger charge is -2.33. The van der Waals surface area contributed by atoms with Gasteiger partial charge >= 0.3 is 0 Å². The van der Waals surface area contributed by atoms with E-state index in [1.165, 1.54) is 6.07 Å². The second-order valence-corrected chi connectivity index (χ2v) is 6.65. The Morgan fingerprint density at radius 2 is 2.04 bits per heavy atom. The van der Waals surface area contributed by atoms with Gasteiger partial charge in [-0.25, -0.2) is 9.98 Å². The second kappa shape index (κ2) is 5.65. The van der Waals surface area contributed by atoms with E-state index in [4.69, 9.17) is 26.8 Å². The summed E-state index contributed by atoms with van der Waals surface area (Å²) in [7, 11) is 0. The van der Waals surface area contributed by atoms with E-state index in [9.17, 15) is 4.39 Å². The Morgan fingerprint density at radius 3 is 2.78 bits per heavy atom. The highest BCUT2D eigenvalue weighted by molar-refractivity contribution is 6.29. The quantitative estimate of drug-likeness (QED) is 0.650. The van der Waals surface area contributed by atoms with Crippen LogP contribution in [-0.2, 0) is 10.3 Å². The Labute approximate surface area is 158 Å². The van der Waals surface area contributed by atoms with Crippen LogP contribution in [0.1, 0.15) is 11.1 Å². The molecule has 2 aliphatic heterocycles. The Bertz CT molecular complexity index is 1110. The van der Waals surface area contributed by atoms with Gasteiger partial charge in [-0.15, -0.1) is 0 Å². The molecule has 0 bridgehead atoms. The van der Waals surface area contributed by atoms with E-state index in [2.05, 4.69) is 15.0 Å². The zero-order valence-electron chi connectivity index (χ0n) is 13.8. The van der Waals surface area contributed by atoms with Gasteiger partial charge in [-0.05, 0) is 29.8 Å². The summed E-state index contributed by atoms with van der Waals surface area (Å²) in [6.07, 6.45) is 3.46. The zero-order chi connectivity index (χ0) is 18.6. The molecule has 0 saturated carbocycles. The van der Waals surface area contributed by atoms with Crippen molar-refractivity contribution < 1.29 is 13.9 Å². The molecular formula is C19H12ClFN4O2. The van der Waals surface area contributed by atoms with E-state index in [1.54, 1.807) is 18.5 Å². The molecule has 1 spiro atoms. The molecule has 0 radical (unpaired) electrons. The van der Waals surface area contributed by atoms with Crippen molar-refractivity contribution in [3.05, 3.63) is 71.0 Å². The minimum atomic E-state index is -1.06. The Kier molecular flexibility index (Phi) is 3.35. The summed E-state index contributed by atoms with van der Waals surface area (Å²) in [5.74, 6) is -0.372. The lowest BCUT2D eigenvalue weighted by atomic mass is 9.81. The average Bonchev–Trinajstić information content (AvgIpc) is 3.06. The van der Waals surface area contributed by atoms with E-state index in [0.717, 1.165) is 11.1 Å². The van der Waals surface area contributed by atoms with Crippen molar-refractivity contribution in [1.82, 2.24) is 9.97 Å². The molecule has 5 rings (SSSR count). The lowest BCUT2D eigenvalue weighted by molar-refractivity contribution is 0.261. The maximum absolute atomic E-state index is 14.5. The van der Waals surface area contributed by atoms with Crippen LogP contribution in [0.25, 0.3) is 11.1 Å². The number of amidine groups is 1. The minimum absolute atomic E-state index is 0.00163. The number of halogens is 2. The summed E-state index contributed by atoms with van der Waals surface area (Å²) < 4.78 is 25.7. The number of aliphatic imine (C=N–C) groups is 1. The van der Waals surface area contributed by atoms with E-state index >= 15 is 0 Å². The van der Waals surface area contributed by atoms with Crippen LogP contribution in [0.3, 0.4) is 0 Å². The van der Waals surface area contributed by atoms with Gasteiger partial charge in [0.25, 0.3) is 12.0 Å². The van der Waals surface area contributed by atoms with Crippen LogP contribution >= 0.6 is 11.6 Å². The van der Waals surface area contributed by atoms with Crippen LogP contribution in [0.15, 0.2) is 53.8 Å². The molecule has 1 aromatic carbocycles. The van der Waals surface area contributed by atoms with Crippen molar-refractivity contribution in [2.24, 2.45) is 10.7 Å². The van der Waals surface area contributed by atoms with E-state index in [0.29, 0.717) is 16.9 Å². The number of nitrogens with two attached hydrogens (primary N) is 1. The second-order valence-electron chi connectivity index (χ2n) is 6.27. The molecule has 1 atom stereocenters. The molecule has 134 valence electrons. The number of hydrogen-bond acceptors (Lipinski definition) is 6. The molecule has 0 aliphatic carbocycles. The largest absolute Gasteiger partial charge is 0.462 e. The molecule has 0 saturated heterocycles. The van der Waals surface area contributed by atoms with Crippen molar-refractivity contribution in [3.8, 4) is 22.6 Å². The molecule has 2 aliphatic rings. The third-order valence-corrected chi connectivity index (χ3v) is 4.90. The standard InChI is InChI=1S/C19H12ClFN4O2/c20-15-7-13-16(17(21)24-15)27-14-4-3-10(11-2-1-5-23-8-11)6-12(14)19(13)9-26-18(22)25-19/h1-8H,9H2,(H2,22,25)/t19-/m0/s1. The van der Waals surface area contributed by atoms with Gasteiger partial charge in [0, 0.05) is 29.1 Å². The fraction of sp³-hybridized carbons (Fsp3) is 0.105.